The van der Waals surface area contributed by atoms with Crippen LogP contribution in [0.3, 0.4) is 0 Å². The van der Waals surface area contributed by atoms with Gasteiger partial charge in [-0.2, -0.15) is 0 Å². The van der Waals surface area contributed by atoms with E-state index in [2.05, 4.69) is 37.3 Å². The van der Waals surface area contributed by atoms with Crippen molar-refractivity contribution >= 4 is 33.0 Å². The van der Waals surface area contributed by atoms with Crippen LogP contribution in [0.2, 0.25) is 0 Å². The lowest BCUT2D eigenvalue weighted by atomic mass is 10.2. The molecule has 0 amide bonds. The third kappa shape index (κ3) is 2.45. The Morgan fingerprint density at radius 2 is 2.14 bits per heavy atom. The van der Waals surface area contributed by atoms with Crippen molar-refractivity contribution in [3.05, 3.63) is 52.2 Å². The third-order valence-corrected chi connectivity index (χ3v) is 5.03. The minimum Gasteiger partial charge on any atom is -0.478 e. The zero-order chi connectivity index (χ0) is 14.2. The molecule has 4 rings (SSSR count). The van der Waals surface area contributed by atoms with E-state index in [0.717, 1.165) is 31.6 Å². The Hall–Kier alpha value is -1.79. The number of benzene rings is 1. The fourth-order valence-electron chi connectivity index (χ4n) is 2.35. The number of aromatic nitrogens is 2. The average Bonchev–Trinajstić information content (AvgIpc) is 3.15. The highest BCUT2D eigenvalue weighted by Crippen LogP contribution is 2.34. The number of aromatic amines is 1. The molecular formula is C15H12BrN3OS. The number of para-hydroxylation sites is 2. The first-order valence-electron chi connectivity index (χ1n) is 6.60. The number of rotatable bonds is 2. The summed E-state index contributed by atoms with van der Waals surface area (Å²) in [5.74, 6) is 1.71. The van der Waals surface area contributed by atoms with E-state index >= 15 is 0 Å². The number of hydrogen-bond donors (Lipinski definition) is 2. The molecule has 0 saturated heterocycles. The molecule has 0 spiro atoms. The van der Waals surface area contributed by atoms with Crippen molar-refractivity contribution in [3.8, 4) is 16.3 Å². The van der Waals surface area contributed by atoms with Crippen LogP contribution < -0.4 is 10.1 Å². The smallest absolute Gasteiger partial charge is 0.173 e. The molecular weight excluding hydrogens is 350 g/mol. The van der Waals surface area contributed by atoms with Crippen LogP contribution in [0.4, 0.5) is 5.69 Å². The van der Waals surface area contributed by atoms with Gasteiger partial charge in [-0.25, -0.2) is 4.98 Å². The second-order valence-corrected chi connectivity index (χ2v) is 7.23. The Bertz CT molecular complexity index is 783. The van der Waals surface area contributed by atoms with E-state index in [4.69, 9.17) is 4.74 Å². The van der Waals surface area contributed by atoms with Crippen LogP contribution in [0.1, 0.15) is 11.9 Å². The summed E-state index contributed by atoms with van der Waals surface area (Å²) >= 11 is 5.16. The number of halogens is 1. The molecule has 0 saturated carbocycles. The van der Waals surface area contributed by atoms with Gasteiger partial charge in [-0.15, -0.1) is 11.3 Å². The van der Waals surface area contributed by atoms with Gasteiger partial charge in [0, 0.05) is 0 Å². The van der Waals surface area contributed by atoms with Crippen LogP contribution in [0.5, 0.6) is 5.75 Å². The second-order valence-electron chi connectivity index (χ2n) is 4.77. The van der Waals surface area contributed by atoms with Gasteiger partial charge in [0.15, 0.2) is 6.10 Å². The van der Waals surface area contributed by atoms with Crippen molar-refractivity contribution in [3.63, 3.8) is 0 Å². The van der Waals surface area contributed by atoms with Crippen molar-refractivity contribution in [1.29, 1.82) is 0 Å². The highest BCUT2D eigenvalue weighted by molar-refractivity contribution is 9.11. The highest BCUT2D eigenvalue weighted by Gasteiger charge is 2.23. The summed E-state index contributed by atoms with van der Waals surface area (Å²) < 4.78 is 7.12. The van der Waals surface area contributed by atoms with Crippen molar-refractivity contribution in [2.75, 3.05) is 11.9 Å². The molecule has 0 radical (unpaired) electrons. The molecule has 0 aliphatic carbocycles. The average molecular weight is 362 g/mol. The normalized spacial score (nSPS) is 16.9. The summed E-state index contributed by atoms with van der Waals surface area (Å²) in [5.41, 5.74) is 2.05. The zero-order valence-electron chi connectivity index (χ0n) is 11.0. The molecule has 0 fully saturated rings. The van der Waals surface area contributed by atoms with Gasteiger partial charge in [0.05, 0.1) is 32.8 Å². The predicted molar refractivity (Wildman–Crippen MR) is 87.9 cm³/mol. The summed E-state index contributed by atoms with van der Waals surface area (Å²) in [5, 5.41) is 3.37. The first-order valence-corrected chi connectivity index (χ1v) is 8.21. The summed E-state index contributed by atoms with van der Waals surface area (Å²) in [6.45, 7) is 0.706. The first kappa shape index (κ1) is 12.9. The number of H-pyrrole nitrogens is 1. The number of hydrogen-bond acceptors (Lipinski definition) is 4. The maximum Gasteiger partial charge on any atom is 0.173 e. The van der Waals surface area contributed by atoms with E-state index in [1.807, 2.05) is 36.5 Å². The van der Waals surface area contributed by atoms with Gasteiger partial charge in [0.2, 0.25) is 0 Å². The molecule has 1 aromatic carbocycles. The number of imidazole rings is 1. The predicted octanol–water partition coefficient (Wildman–Crippen LogP) is 4.45. The van der Waals surface area contributed by atoms with Gasteiger partial charge in [0.1, 0.15) is 11.6 Å². The highest BCUT2D eigenvalue weighted by atomic mass is 79.9. The second kappa shape index (κ2) is 5.20. The molecule has 1 unspecified atom stereocenters. The van der Waals surface area contributed by atoms with Gasteiger partial charge in [-0.1, -0.05) is 12.1 Å². The number of fused-ring (bicyclic) bond motifs is 1. The lowest BCUT2D eigenvalue weighted by Crippen LogP contribution is -2.24. The van der Waals surface area contributed by atoms with Crippen molar-refractivity contribution < 1.29 is 4.74 Å². The molecule has 1 aliphatic rings. The minimum absolute atomic E-state index is 0.1000. The van der Waals surface area contributed by atoms with Crippen LogP contribution in [-0.2, 0) is 0 Å². The van der Waals surface area contributed by atoms with Crippen LogP contribution in [0, 0.1) is 0 Å². The van der Waals surface area contributed by atoms with Gasteiger partial charge in [-0.3, -0.25) is 0 Å². The van der Waals surface area contributed by atoms with Gasteiger partial charge in [0.25, 0.3) is 0 Å². The molecule has 2 aromatic heterocycles. The van der Waals surface area contributed by atoms with Crippen LogP contribution in [-0.4, -0.2) is 16.5 Å². The molecule has 6 heteroatoms. The van der Waals surface area contributed by atoms with E-state index in [9.17, 15) is 0 Å². The van der Waals surface area contributed by atoms with E-state index in [1.54, 1.807) is 11.3 Å². The van der Waals surface area contributed by atoms with Gasteiger partial charge >= 0.3 is 0 Å². The molecule has 4 nitrogen and oxygen atoms in total. The number of nitrogens with zero attached hydrogens (tertiary/aromatic N) is 1. The largest absolute Gasteiger partial charge is 0.478 e. The lowest BCUT2D eigenvalue weighted by molar-refractivity contribution is 0.201. The van der Waals surface area contributed by atoms with Gasteiger partial charge < -0.3 is 15.0 Å². The molecule has 21 heavy (non-hydrogen) atoms. The Morgan fingerprint density at radius 3 is 3.00 bits per heavy atom. The van der Waals surface area contributed by atoms with E-state index < -0.39 is 0 Å². The molecule has 0 bridgehead atoms. The Labute approximate surface area is 134 Å². The fraction of sp³-hybridized carbons (Fsp3) is 0.133. The van der Waals surface area contributed by atoms with Gasteiger partial charge in [-0.05, 0) is 40.2 Å². The minimum atomic E-state index is -0.1000. The molecule has 3 heterocycles. The monoisotopic (exact) mass is 361 g/mol. The Kier molecular flexibility index (Phi) is 3.20. The topological polar surface area (TPSA) is 49.9 Å². The molecule has 1 atom stereocenters. The summed E-state index contributed by atoms with van der Waals surface area (Å²) in [7, 11) is 0. The summed E-state index contributed by atoms with van der Waals surface area (Å²) in [6, 6.07) is 12.1. The first-order chi connectivity index (χ1) is 10.3. The van der Waals surface area contributed by atoms with E-state index in [0.29, 0.717) is 6.54 Å². The lowest BCUT2D eigenvalue weighted by Gasteiger charge is -2.25. The maximum absolute atomic E-state index is 6.01. The quantitative estimate of drug-likeness (QED) is 0.708. The van der Waals surface area contributed by atoms with Crippen LogP contribution in [0.15, 0.2) is 46.4 Å². The maximum atomic E-state index is 6.01. The van der Waals surface area contributed by atoms with E-state index in [-0.39, 0.29) is 6.10 Å². The molecule has 3 aromatic rings. The van der Waals surface area contributed by atoms with Crippen LogP contribution in [0.25, 0.3) is 10.6 Å². The molecule has 106 valence electrons. The zero-order valence-corrected chi connectivity index (χ0v) is 13.4. The summed E-state index contributed by atoms with van der Waals surface area (Å²) in [4.78, 5) is 8.98. The summed E-state index contributed by atoms with van der Waals surface area (Å²) in [6.07, 6.45) is 1.76. The molecule has 2 N–H and O–H groups in total. The van der Waals surface area contributed by atoms with Crippen molar-refractivity contribution in [2.45, 2.75) is 6.10 Å². The third-order valence-electron chi connectivity index (χ3n) is 3.37. The molecule has 1 aliphatic heterocycles. The van der Waals surface area contributed by atoms with Crippen LogP contribution >= 0.6 is 27.3 Å². The number of ether oxygens (including phenoxy) is 1. The Morgan fingerprint density at radius 1 is 1.24 bits per heavy atom. The standard InChI is InChI=1S/C15H12BrN3OS/c16-14-6-5-13(21-14)10-7-18-15(19-10)12-8-17-9-3-1-2-4-11(9)20-12/h1-7,12,17H,8H2,(H,18,19). The number of thiophene rings is 1. The van der Waals surface area contributed by atoms with E-state index in [1.165, 1.54) is 0 Å². The number of nitrogens with one attached hydrogen (secondary N) is 2. The van der Waals surface area contributed by atoms with Crippen molar-refractivity contribution in [1.82, 2.24) is 9.97 Å². The fourth-order valence-corrected chi connectivity index (χ4v) is 3.70. The van der Waals surface area contributed by atoms with Crippen molar-refractivity contribution in [2.24, 2.45) is 0 Å². The number of anilines is 1. The SMILES string of the molecule is Brc1ccc(-c2cnc(C3CNc4ccccc4O3)[nH]2)s1. The Balaban J connectivity index is 1.60.